The van der Waals surface area contributed by atoms with Gasteiger partial charge >= 0.3 is 0 Å². The molecule has 1 fully saturated rings. The number of hydrogen-bond donors (Lipinski definition) is 1. The lowest BCUT2D eigenvalue weighted by molar-refractivity contribution is 0.145. The number of piperidine rings is 1. The van der Waals surface area contributed by atoms with E-state index in [1.54, 1.807) is 12.1 Å². The fourth-order valence-corrected chi connectivity index (χ4v) is 3.62. The SMILES string of the molecule is CCCC1(CCC)CCC(c2ccccc2F)NC1. The van der Waals surface area contributed by atoms with E-state index in [1.165, 1.54) is 32.1 Å². The number of rotatable bonds is 5. The van der Waals surface area contributed by atoms with E-state index < -0.39 is 0 Å². The smallest absolute Gasteiger partial charge is 0.127 e. The lowest BCUT2D eigenvalue weighted by Crippen LogP contribution is -2.42. The molecule has 0 bridgehead atoms. The fraction of sp³-hybridized carbons (Fsp3) is 0.647. The van der Waals surface area contributed by atoms with Gasteiger partial charge in [0.05, 0.1) is 0 Å². The Morgan fingerprint density at radius 3 is 2.42 bits per heavy atom. The molecule has 0 radical (unpaired) electrons. The van der Waals surface area contributed by atoms with E-state index in [0.29, 0.717) is 5.41 Å². The zero-order valence-corrected chi connectivity index (χ0v) is 12.2. The van der Waals surface area contributed by atoms with E-state index in [0.717, 1.165) is 18.5 Å². The zero-order chi connectivity index (χ0) is 13.7. The van der Waals surface area contributed by atoms with E-state index >= 15 is 0 Å². The second-order valence-electron chi connectivity index (χ2n) is 5.99. The molecule has 0 amide bonds. The summed E-state index contributed by atoms with van der Waals surface area (Å²) in [6.07, 6.45) is 7.34. The molecule has 0 spiro atoms. The van der Waals surface area contributed by atoms with Crippen molar-refractivity contribution in [3.05, 3.63) is 35.6 Å². The van der Waals surface area contributed by atoms with E-state index in [4.69, 9.17) is 0 Å². The highest BCUT2D eigenvalue weighted by molar-refractivity contribution is 5.22. The number of nitrogens with one attached hydrogen (secondary N) is 1. The van der Waals surface area contributed by atoms with Crippen molar-refractivity contribution in [3.8, 4) is 0 Å². The van der Waals surface area contributed by atoms with Crippen molar-refractivity contribution in [1.29, 1.82) is 0 Å². The average Bonchev–Trinajstić information content (AvgIpc) is 2.41. The minimum absolute atomic E-state index is 0.0708. The summed E-state index contributed by atoms with van der Waals surface area (Å²) in [5, 5.41) is 3.60. The average molecular weight is 263 g/mol. The molecule has 1 aromatic carbocycles. The van der Waals surface area contributed by atoms with Gasteiger partial charge in [0.1, 0.15) is 5.82 Å². The summed E-state index contributed by atoms with van der Waals surface area (Å²) in [4.78, 5) is 0. The van der Waals surface area contributed by atoms with Crippen LogP contribution in [0.3, 0.4) is 0 Å². The van der Waals surface area contributed by atoms with Gasteiger partial charge in [-0.15, -0.1) is 0 Å². The normalized spacial score (nSPS) is 22.4. The van der Waals surface area contributed by atoms with Crippen molar-refractivity contribution in [2.45, 2.75) is 58.4 Å². The van der Waals surface area contributed by atoms with Crippen LogP contribution in [0.25, 0.3) is 0 Å². The minimum Gasteiger partial charge on any atom is -0.309 e. The first-order chi connectivity index (χ1) is 9.21. The largest absolute Gasteiger partial charge is 0.309 e. The van der Waals surface area contributed by atoms with Crippen LogP contribution in [-0.2, 0) is 0 Å². The molecule has 1 aliphatic rings. The molecule has 1 heterocycles. The molecule has 1 unspecified atom stereocenters. The molecule has 0 aromatic heterocycles. The third-order valence-corrected chi connectivity index (χ3v) is 4.53. The molecule has 1 nitrogen and oxygen atoms in total. The number of hydrogen-bond acceptors (Lipinski definition) is 1. The Bertz CT molecular complexity index is 386. The van der Waals surface area contributed by atoms with Crippen LogP contribution in [0, 0.1) is 11.2 Å². The van der Waals surface area contributed by atoms with Crippen LogP contribution in [0.15, 0.2) is 24.3 Å². The molecule has 2 heteroatoms. The first-order valence-electron chi connectivity index (χ1n) is 7.68. The Hall–Kier alpha value is -0.890. The summed E-state index contributed by atoms with van der Waals surface area (Å²) in [7, 11) is 0. The zero-order valence-electron chi connectivity index (χ0n) is 12.2. The van der Waals surface area contributed by atoms with Crippen LogP contribution < -0.4 is 5.32 Å². The van der Waals surface area contributed by atoms with Crippen molar-refractivity contribution in [2.75, 3.05) is 6.54 Å². The van der Waals surface area contributed by atoms with Crippen molar-refractivity contribution in [3.63, 3.8) is 0 Å². The van der Waals surface area contributed by atoms with Gasteiger partial charge in [0.15, 0.2) is 0 Å². The maximum atomic E-state index is 13.8. The van der Waals surface area contributed by atoms with Crippen LogP contribution >= 0.6 is 0 Å². The Kier molecular flexibility index (Phi) is 4.98. The standard InChI is InChI=1S/C17H26FN/c1-3-10-17(11-4-2)12-9-16(19-13-17)14-7-5-6-8-15(14)18/h5-8,16,19H,3-4,9-13H2,1-2H3. The Labute approximate surface area is 116 Å². The minimum atomic E-state index is -0.0708. The second kappa shape index (κ2) is 6.51. The van der Waals surface area contributed by atoms with Crippen molar-refractivity contribution in [1.82, 2.24) is 5.32 Å². The molecule has 1 N–H and O–H groups in total. The van der Waals surface area contributed by atoms with Crippen LogP contribution in [0.5, 0.6) is 0 Å². The summed E-state index contributed by atoms with van der Waals surface area (Å²) >= 11 is 0. The monoisotopic (exact) mass is 263 g/mol. The van der Waals surface area contributed by atoms with E-state index in [9.17, 15) is 4.39 Å². The lowest BCUT2D eigenvalue weighted by Gasteiger charge is -2.41. The molecular formula is C17H26FN. The Balaban J connectivity index is 2.03. The van der Waals surface area contributed by atoms with Gasteiger partial charge in [0.2, 0.25) is 0 Å². The number of benzene rings is 1. The molecule has 2 rings (SSSR count). The van der Waals surface area contributed by atoms with E-state index in [2.05, 4.69) is 19.2 Å². The van der Waals surface area contributed by atoms with Crippen LogP contribution in [0.1, 0.15) is 64.0 Å². The topological polar surface area (TPSA) is 12.0 Å². The lowest BCUT2D eigenvalue weighted by atomic mass is 9.72. The Morgan fingerprint density at radius 1 is 1.21 bits per heavy atom. The van der Waals surface area contributed by atoms with E-state index in [1.807, 2.05) is 12.1 Å². The predicted octanol–water partition coefficient (Wildman–Crippen LogP) is 4.84. The molecular weight excluding hydrogens is 237 g/mol. The summed E-state index contributed by atoms with van der Waals surface area (Å²) in [6.45, 7) is 5.56. The second-order valence-corrected chi connectivity index (χ2v) is 5.99. The molecule has 106 valence electrons. The van der Waals surface area contributed by atoms with Crippen molar-refractivity contribution < 1.29 is 4.39 Å². The number of halogens is 1. The Morgan fingerprint density at radius 2 is 1.89 bits per heavy atom. The molecule has 1 atom stereocenters. The maximum Gasteiger partial charge on any atom is 0.127 e. The molecule has 1 aromatic rings. The molecule has 0 saturated carbocycles. The molecule has 1 saturated heterocycles. The summed E-state index contributed by atoms with van der Waals surface area (Å²) < 4.78 is 13.8. The van der Waals surface area contributed by atoms with Gasteiger partial charge in [0, 0.05) is 18.2 Å². The highest BCUT2D eigenvalue weighted by Crippen LogP contribution is 2.41. The predicted molar refractivity (Wildman–Crippen MR) is 78.6 cm³/mol. The summed E-state index contributed by atoms with van der Waals surface area (Å²) in [5.41, 5.74) is 1.29. The highest BCUT2D eigenvalue weighted by atomic mass is 19.1. The van der Waals surface area contributed by atoms with Gasteiger partial charge in [-0.3, -0.25) is 0 Å². The first kappa shape index (κ1) is 14.5. The maximum absolute atomic E-state index is 13.8. The third kappa shape index (κ3) is 3.36. The molecule has 1 aliphatic heterocycles. The highest BCUT2D eigenvalue weighted by Gasteiger charge is 2.34. The van der Waals surface area contributed by atoms with Gasteiger partial charge in [0.25, 0.3) is 0 Å². The molecule has 0 aliphatic carbocycles. The fourth-order valence-electron chi connectivity index (χ4n) is 3.62. The summed E-state index contributed by atoms with van der Waals surface area (Å²) in [5.74, 6) is -0.0708. The van der Waals surface area contributed by atoms with Crippen LogP contribution in [0.2, 0.25) is 0 Å². The van der Waals surface area contributed by atoms with Gasteiger partial charge in [-0.1, -0.05) is 44.9 Å². The third-order valence-electron chi connectivity index (χ3n) is 4.53. The van der Waals surface area contributed by atoms with Gasteiger partial charge in [-0.05, 0) is 37.2 Å². The quantitative estimate of drug-likeness (QED) is 0.801. The molecule has 19 heavy (non-hydrogen) atoms. The van der Waals surface area contributed by atoms with Gasteiger partial charge in [-0.2, -0.15) is 0 Å². The first-order valence-corrected chi connectivity index (χ1v) is 7.68. The van der Waals surface area contributed by atoms with Crippen molar-refractivity contribution in [2.24, 2.45) is 5.41 Å². The van der Waals surface area contributed by atoms with Gasteiger partial charge < -0.3 is 5.32 Å². The van der Waals surface area contributed by atoms with Crippen LogP contribution in [-0.4, -0.2) is 6.54 Å². The summed E-state index contributed by atoms with van der Waals surface area (Å²) in [6, 6.07) is 7.37. The van der Waals surface area contributed by atoms with E-state index in [-0.39, 0.29) is 11.9 Å². The van der Waals surface area contributed by atoms with Gasteiger partial charge in [-0.25, -0.2) is 4.39 Å². The van der Waals surface area contributed by atoms with Crippen LogP contribution in [0.4, 0.5) is 4.39 Å². The van der Waals surface area contributed by atoms with Crippen molar-refractivity contribution >= 4 is 0 Å².